The molecule has 7 nitrogen and oxygen atoms in total. The largest absolute Gasteiger partial charge is 0.482 e. The summed E-state index contributed by atoms with van der Waals surface area (Å²) in [4.78, 5) is 39.9. The van der Waals surface area contributed by atoms with Crippen LogP contribution < -0.4 is 15.0 Å². The van der Waals surface area contributed by atoms with Crippen LogP contribution in [0.1, 0.15) is 38.5 Å². The van der Waals surface area contributed by atoms with Crippen molar-refractivity contribution in [3.63, 3.8) is 0 Å². The monoisotopic (exact) mass is 373 g/mol. The number of carbonyl (C=O) groups excluding carboxylic acids is 3. The Labute approximate surface area is 159 Å². The molecule has 0 unspecified atom stereocenters. The van der Waals surface area contributed by atoms with Gasteiger partial charge in [-0.05, 0) is 25.0 Å². The molecule has 2 heterocycles. The van der Waals surface area contributed by atoms with Crippen molar-refractivity contribution in [1.29, 1.82) is 0 Å². The molecule has 1 N–H and O–H groups in total. The van der Waals surface area contributed by atoms with Gasteiger partial charge in [0.25, 0.3) is 5.91 Å². The second kappa shape index (κ2) is 9.39. The van der Waals surface area contributed by atoms with Gasteiger partial charge in [0, 0.05) is 39.0 Å². The van der Waals surface area contributed by atoms with Gasteiger partial charge in [-0.1, -0.05) is 25.0 Å². The highest BCUT2D eigenvalue weighted by atomic mass is 16.5. The Balaban J connectivity index is 1.41. The third-order valence-corrected chi connectivity index (χ3v) is 4.99. The number of carbonyl (C=O) groups is 3. The van der Waals surface area contributed by atoms with Gasteiger partial charge in [-0.3, -0.25) is 14.4 Å². The Bertz CT molecular complexity index is 684. The summed E-state index contributed by atoms with van der Waals surface area (Å²) in [6.07, 6.45) is 5.01. The van der Waals surface area contributed by atoms with E-state index >= 15 is 0 Å². The molecule has 0 aliphatic carbocycles. The van der Waals surface area contributed by atoms with Crippen LogP contribution in [0.25, 0.3) is 0 Å². The summed E-state index contributed by atoms with van der Waals surface area (Å²) in [6.45, 7) is 2.27. The lowest BCUT2D eigenvalue weighted by molar-refractivity contribution is -0.131. The van der Waals surface area contributed by atoms with Crippen molar-refractivity contribution in [2.24, 2.45) is 0 Å². The number of amides is 3. The smallest absolute Gasteiger partial charge is 0.265 e. The molecule has 1 aromatic carbocycles. The highest BCUT2D eigenvalue weighted by Gasteiger charge is 2.25. The van der Waals surface area contributed by atoms with Crippen LogP contribution in [0.5, 0.6) is 5.75 Å². The predicted octanol–water partition coefficient (Wildman–Crippen LogP) is 1.71. The fourth-order valence-electron chi connectivity index (χ4n) is 3.49. The lowest BCUT2D eigenvalue weighted by Crippen LogP contribution is -2.41. The lowest BCUT2D eigenvalue weighted by atomic mass is 10.2. The van der Waals surface area contributed by atoms with Crippen molar-refractivity contribution in [3.8, 4) is 5.75 Å². The SMILES string of the molecule is O=C(CCN1C(=O)COc2ccccc21)NCCC(=O)N1CCCCCC1. The minimum atomic E-state index is -0.157. The summed E-state index contributed by atoms with van der Waals surface area (Å²) in [5, 5.41) is 2.79. The Kier molecular flexibility index (Phi) is 6.68. The molecule has 0 radical (unpaired) electrons. The van der Waals surface area contributed by atoms with Crippen LogP contribution in [-0.2, 0) is 14.4 Å². The number of nitrogens with zero attached hydrogens (tertiary/aromatic N) is 2. The molecule has 3 amide bonds. The van der Waals surface area contributed by atoms with Crippen LogP contribution in [0.4, 0.5) is 5.69 Å². The molecular formula is C20H27N3O4. The molecule has 27 heavy (non-hydrogen) atoms. The highest BCUT2D eigenvalue weighted by molar-refractivity contribution is 5.98. The van der Waals surface area contributed by atoms with Crippen LogP contribution in [0, 0.1) is 0 Å². The van der Waals surface area contributed by atoms with Crippen LogP contribution in [0.2, 0.25) is 0 Å². The zero-order valence-corrected chi connectivity index (χ0v) is 15.6. The van der Waals surface area contributed by atoms with Crippen molar-refractivity contribution in [2.75, 3.05) is 37.7 Å². The van der Waals surface area contributed by atoms with Crippen LogP contribution in [0.15, 0.2) is 24.3 Å². The summed E-state index contributed by atoms with van der Waals surface area (Å²) in [5.41, 5.74) is 0.692. The molecule has 1 aromatic rings. The lowest BCUT2D eigenvalue weighted by Gasteiger charge is -2.29. The summed E-state index contributed by atoms with van der Waals surface area (Å²) >= 11 is 0. The zero-order valence-electron chi connectivity index (χ0n) is 15.6. The van der Waals surface area contributed by atoms with E-state index in [9.17, 15) is 14.4 Å². The minimum Gasteiger partial charge on any atom is -0.482 e. The van der Waals surface area contributed by atoms with E-state index in [-0.39, 0.29) is 30.7 Å². The maximum absolute atomic E-state index is 12.2. The van der Waals surface area contributed by atoms with Gasteiger partial charge >= 0.3 is 0 Å². The second-order valence-electron chi connectivity index (χ2n) is 6.95. The van der Waals surface area contributed by atoms with E-state index in [0.717, 1.165) is 25.9 Å². The molecule has 0 saturated carbocycles. The standard InChI is InChI=1S/C20H27N3O4/c24-18(21-11-9-19(25)22-12-5-1-2-6-13-22)10-14-23-16-7-3-4-8-17(16)27-15-20(23)26/h3-4,7-8H,1-2,5-6,9-15H2,(H,21,24). The molecule has 1 fully saturated rings. The third kappa shape index (κ3) is 5.21. The average molecular weight is 373 g/mol. The van der Waals surface area contributed by atoms with Crippen molar-refractivity contribution in [1.82, 2.24) is 10.2 Å². The van der Waals surface area contributed by atoms with Gasteiger partial charge in [0.05, 0.1) is 5.69 Å². The van der Waals surface area contributed by atoms with Gasteiger partial charge < -0.3 is 19.9 Å². The molecule has 146 valence electrons. The number of para-hydroxylation sites is 2. The van der Waals surface area contributed by atoms with Crippen molar-refractivity contribution < 1.29 is 19.1 Å². The number of anilines is 1. The first-order chi connectivity index (χ1) is 13.1. The highest BCUT2D eigenvalue weighted by Crippen LogP contribution is 2.31. The molecule has 0 spiro atoms. The van der Waals surface area contributed by atoms with Crippen LogP contribution >= 0.6 is 0 Å². The van der Waals surface area contributed by atoms with E-state index in [0.29, 0.717) is 30.9 Å². The number of fused-ring (bicyclic) bond motifs is 1. The maximum atomic E-state index is 12.2. The molecule has 3 rings (SSSR count). The molecule has 0 bridgehead atoms. The summed E-state index contributed by atoms with van der Waals surface area (Å²) < 4.78 is 5.40. The first kappa shape index (κ1) is 19.2. The molecule has 2 aliphatic heterocycles. The van der Waals surface area contributed by atoms with Gasteiger partial charge in [0.2, 0.25) is 11.8 Å². The Morgan fingerprint density at radius 3 is 2.56 bits per heavy atom. The Morgan fingerprint density at radius 2 is 1.78 bits per heavy atom. The first-order valence-corrected chi connectivity index (χ1v) is 9.72. The summed E-state index contributed by atoms with van der Waals surface area (Å²) in [6, 6.07) is 7.30. The van der Waals surface area contributed by atoms with Crippen LogP contribution in [-0.4, -0.2) is 55.4 Å². The van der Waals surface area contributed by atoms with Gasteiger partial charge in [-0.25, -0.2) is 0 Å². The number of hydrogen-bond acceptors (Lipinski definition) is 4. The van der Waals surface area contributed by atoms with Crippen LogP contribution in [0.3, 0.4) is 0 Å². The number of benzene rings is 1. The predicted molar refractivity (Wildman–Crippen MR) is 102 cm³/mol. The molecule has 0 atom stereocenters. The maximum Gasteiger partial charge on any atom is 0.265 e. The molecule has 7 heteroatoms. The molecule has 0 aromatic heterocycles. The number of nitrogens with one attached hydrogen (secondary N) is 1. The van der Waals surface area contributed by atoms with Gasteiger partial charge in [-0.2, -0.15) is 0 Å². The number of likely N-dealkylation sites (tertiary alicyclic amines) is 1. The Morgan fingerprint density at radius 1 is 1.04 bits per heavy atom. The van der Waals surface area contributed by atoms with E-state index in [2.05, 4.69) is 5.32 Å². The van der Waals surface area contributed by atoms with Crippen molar-refractivity contribution in [2.45, 2.75) is 38.5 Å². The number of rotatable bonds is 6. The van der Waals surface area contributed by atoms with Crippen molar-refractivity contribution >= 4 is 23.4 Å². The Hall–Kier alpha value is -2.57. The molecule has 2 aliphatic rings. The van der Waals surface area contributed by atoms with Gasteiger partial charge in [0.1, 0.15) is 5.75 Å². The van der Waals surface area contributed by atoms with Gasteiger partial charge in [0.15, 0.2) is 6.61 Å². The summed E-state index contributed by atoms with van der Waals surface area (Å²) in [5.74, 6) is 0.448. The van der Waals surface area contributed by atoms with Gasteiger partial charge in [-0.15, -0.1) is 0 Å². The number of ether oxygens (including phenoxy) is 1. The first-order valence-electron chi connectivity index (χ1n) is 9.72. The average Bonchev–Trinajstić information content (AvgIpc) is 2.96. The van der Waals surface area contributed by atoms with E-state index in [1.165, 1.54) is 12.8 Å². The fourth-order valence-corrected chi connectivity index (χ4v) is 3.49. The molecular weight excluding hydrogens is 346 g/mol. The fraction of sp³-hybridized carbons (Fsp3) is 0.550. The zero-order chi connectivity index (χ0) is 19.1. The normalized spacial score (nSPS) is 17.0. The van der Waals surface area contributed by atoms with Crippen molar-refractivity contribution in [3.05, 3.63) is 24.3 Å². The minimum absolute atomic E-state index is 0.0109. The topological polar surface area (TPSA) is 79.0 Å². The second-order valence-corrected chi connectivity index (χ2v) is 6.95. The molecule has 1 saturated heterocycles. The quantitative estimate of drug-likeness (QED) is 0.823. The summed E-state index contributed by atoms with van der Waals surface area (Å²) in [7, 11) is 0. The van der Waals surface area contributed by atoms with E-state index < -0.39 is 0 Å². The van der Waals surface area contributed by atoms with E-state index in [1.807, 2.05) is 29.2 Å². The number of hydrogen-bond donors (Lipinski definition) is 1. The van der Waals surface area contributed by atoms with E-state index in [1.54, 1.807) is 4.90 Å². The van der Waals surface area contributed by atoms with E-state index in [4.69, 9.17) is 4.74 Å². The third-order valence-electron chi connectivity index (χ3n) is 4.99.